The van der Waals surface area contributed by atoms with Crippen molar-refractivity contribution in [2.24, 2.45) is 0 Å². The summed E-state index contributed by atoms with van der Waals surface area (Å²) in [4.78, 5) is 25.9. The maximum absolute atomic E-state index is 13.2. The van der Waals surface area contributed by atoms with E-state index in [0.717, 1.165) is 26.4 Å². The number of amides is 1. The molecule has 0 saturated carbocycles. The zero-order valence-corrected chi connectivity index (χ0v) is 16.1. The van der Waals surface area contributed by atoms with Gasteiger partial charge in [-0.1, -0.05) is 0 Å². The topological polar surface area (TPSA) is 68.5 Å². The van der Waals surface area contributed by atoms with E-state index >= 15 is 0 Å². The Morgan fingerprint density at radius 3 is 2.85 bits per heavy atom. The van der Waals surface area contributed by atoms with Crippen LogP contribution in [0.5, 0.6) is 0 Å². The van der Waals surface area contributed by atoms with E-state index < -0.39 is 0 Å². The molecule has 26 heavy (non-hydrogen) atoms. The molecule has 7 heteroatoms. The third-order valence-corrected chi connectivity index (χ3v) is 5.95. The average Bonchev–Trinajstić information content (AvgIpc) is 3.25. The number of nitrogens with zero attached hydrogens (tertiary/aromatic N) is 3. The molecule has 1 aliphatic heterocycles. The number of aromatic nitrogens is 2. The lowest BCUT2D eigenvalue weighted by Crippen LogP contribution is -2.50. The lowest BCUT2D eigenvalue weighted by Gasteiger charge is -2.36. The van der Waals surface area contributed by atoms with E-state index in [1.54, 1.807) is 6.26 Å². The second-order valence-corrected chi connectivity index (χ2v) is 7.80. The fourth-order valence-corrected chi connectivity index (χ4v) is 4.56. The Morgan fingerprint density at radius 2 is 2.12 bits per heavy atom. The summed E-state index contributed by atoms with van der Waals surface area (Å²) in [5, 5.41) is 0.961. The summed E-state index contributed by atoms with van der Waals surface area (Å²) < 4.78 is 11.1. The fraction of sp³-hybridized carbons (Fsp3) is 0.421. The molecule has 1 amide bonds. The van der Waals surface area contributed by atoms with Crippen molar-refractivity contribution in [3.63, 3.8) is 0 Å². The third-order valence-electron chi connectivity index (χ3n) is 4.78. The van der Waals surface area contributed by atoms with Crippen molar-refractivity contribution < 1.29 is 13.9 Å². The zero-order valence-electron chi connectivity index (χ0n) is 15.3. The Bertz CT molecular complexity index is 964. The number of hydrogen-bond donors (Lipinski definition) is 0. The first-order valence-corrected chi connectivity index (χ1v) is 9.51. The summed E-state index contributed by atoms with van der Waals surface area (Å²) >= 11 is 1.43. The average molecular weight is 371 g/mol. The second kappa shape index (κ2) is 6.48. The van der Waals surface area contributed by atoms with Gasteiger partial charge in [-0.3, -0.25) is 4.79 Å². The van der Waals surface area contributed by atoms with E-state index in [0.29, 0.717) is 24.7 Å². The number of carbonyl (C=O) groups excluding carboxylic acids is 1. The van der Waals surface area contributed by atoms with E-state index in [1.807, 2.05) is 44.7 Å². The third kappa shape index (κ3) is 2.81. The Hall–Kier alpha value is -2.25. The van der Waals surface area contributed by atoms with Crippen molar-refractivity contribution in [2.75, 3.05) is 13.2 Å². The van der Waals surface area contributed by atoms with Crippen LogP contribution >= 0.6 is 11.3 Å². The molecule has 0 aliphatic carbocycles. The van der Waals surface area contributed by atoms with Crippen LogP contribution < -0.4 is 0 Å². The predicted octanol–water partition coefficient (Wildman–Crippen LogP) is 3.82. The molecular weight excluding hydrogens is 350 g/mol. The van der Waals surface area contributed by atoms with Crippen LogP contribution in [0.25, 0.3) is 21.8 Å². The summed E-state index contributed by atoms with van der Waals surface area (Å²) in [5.74, 6) is 1.23. The summed E-state index contributed by atoms with van der Waals surface area (Å²) in [5.41, 5.74) is 1.81. The molecule has 0 N–H and O–H groups in total. The molecule has 0 unspecified atom stereocenters. The van der Waals surface area contributed by atoms with Gasteiger partial charge in [0.25, 0.3) is 5.91 Å². The molecule has 3 aromatic rings. The normalized spacial score (nSPS) is 20.7. The van der Waals surface area contributed by atoms with Crippen LogP contribution in [0, 0.1) is 13.8 Å². The van der Waals surface area contributed by atoms with Crippen molar-refractivity contribution in [1.29, 1.82) is 0 Å². The van der Waals surface area contributed by atoms with Gasteiger partial charge in [0.1, 0.15) is 4.83 Å². The standard InChI is InChI=1S/C19H21N3O3S/c1-10-9-25-11(2)8-22(10)19(23)16-12(3)15-13(4)20-17(21-18(15)26-16)14-6-5-7-24-14/h5-7,10-11H,8-9H2,1-4H3/t10-,11+/m1/s1. The largest absolute Gasteiger partial charge is 0.461 e. The molecule has 4 heterocycles. The van der Waals surface area contributed by atoms with Gasteiger partial charge in [-0.25, -0.2) is 9.97 Å². The summed E-state index contributed by atoms with van der Waals surface area (Å²) in [6, 6.07) is 3.71. The van der Waals surface area contributed by atoms with Gasteiger partial charge in [0.2, 0.25) is 0 Å². The van der Waals surface area contributed by atoms with E-state index in [9.17, 15) is 4.79 Å². The van der Waals surface area contributed by atoms with Crippen LogP contribution in [-0.4, -0.2) is 46.1 Å². The summed E-state index contributed by atoms with van der Waals surface area (Å²) in [7, 11) is 0. The summed E-state index contributed by atoms with van der Waals surface area (Å²) in [6.07, 6.45) is 1.66. The Labute approximate surface area is 155 Å². The second-order valence-electron chi connectivity index (χ2n) is 6.80. The van der Waals surface area contributed by atoms with Gasteiger partial charge >= 0.3 is 0 Å². The molecule has 3 aromatic heterocycles. The molecule has 0 aromatic carbocycles. The number of furan rings is 1. The van der Waals surface area contributed by atoms with E-state index in [-0.39, 0.29) is 18.1 Å². The van der Waals surface area contributed by atoms with Crippen LogP contribution in [0.1, 0.15) is 34.8 Å². The molecule has 136 valence electrons. The Kier molecular flexibility index (Phi) is 4.28. The molecule has 1 aliphatic rings. The van der Waals surface area contributed by atoms with E-state index in [1.165, 1.54) is 11.3 Å². The van der Waals surface area contributed by atoms with Crippen LogP contribution in [0.2, 0.25) is 0 Å². The molecule has 0 spiro atoms. The molecule has 0 bridgehead atoms. The van der Waals surface area contributed by atoms with Crippen LogP contribution in [0.15, 0.2) is 22.8 Å². The molecule has 1 fully saturated rings. The molecule has 4 rings (SSSR count). The van der Waals surface area contributed by atoms with Crippen molar-refractivity contribution in [1.82, 2.24) is 14.9 Å². The minimum atomic E-state index is 0.0482. The monoisotopic (exact) mass is 371 g/mol. The van der Waals surface area contributed by atoms with E-state index in [2.05, 4.69) is 9.97 Å². The first-order valence-electron chi connectivity index (χ1n) is 8.70. The Morgan fingerprint density at radius 1 is 1.31 bits per heavy atom. The number of aryl methyl sites for hydroxylation is 2. The van der Waals surface area contributed by atoms with Gasteiger partial charge in [0.15, 0.2) is 11.6 Å². The Balaban J connectivity index is 1.77. The molecule has 1 saturated heterocycles. The number of fused-ring (bicyclic) bond motifs is 1. The van der Waals surface area contributed by atoms with Crippen molar-refractivity contribution in [3.8, 4) is 11.6 Å². The van der Waals surface area contributed by atoms with Crippen molar-refractivity contribution in [2.45, 2.75) is 39.8 Å². The molecule has 0 radical (unpaired) electrons. The minimum Gasteiger partial charge on any atom is -0.461 e. The van der Waals surface area contributed by atoms with Crippen LogP contribution in [0.3, 0.4) is 0 Å². The number of thiophene rings is 1. The van der Waals surface area contributed by atoms with Gasteiger partial charge < -0.3 is 14.1 Å². The van der Waals surface area contributed by atoms with Gasteiger partial charge in [-0.05, 0) is 45.4 Å². The van der Waals surface area contributed by atoms with Crippen molar-refractivity contribution >= 4 is 27.5 Å². The van der Waals surface area contributed by atoms with Gasteiger partial charge in [-0.2, -0.15) is 0 Å². The first-order chi connectivity index (χ1) is 12.5. The van der Waals surface area contributed by atoms with E-state index in [4.69, 9.17) is 9.15 Å². The lowest BCUT2D eigenvalue weighted by atomic mass is 10.1. The van der Waals surface area contributed by atoms with Gasteiger partial charge in [0, 0.05) is 11.9 Å². The molecule has 2 atom stereocenters. The smallest absolute Gasteiger partial charge is 0.264 e. The van der Waals surface area contributed by atoms with Crippen LogP contribution in [-0.2, 0) is 4.74 Å². The van der Waals surface area contributed by atoms with Crippen molar-refractivity contribution in [3.05, 3.63) is 34.5 Å². The SMILES string of the molecule is Cc1nc(-c2ccco2)nc2sc(C(=O)N3C[C@H](C)OC[C@H]3C)c(C)c12. The number of morpholine rings is 1. The number of hydrogen-bond acceptors (Lipinski definition) is 6. The van der Waals surface area contributed by atoms with Gasteiger partial charge in [0.05, 0.1) is 35.6 Å². The molecular formula is C19H21N3O3S. The minimum absolute atomic E-state index is 0.0482. The maximum atomic E-state index is 13.2. The zero-order chi connectivity index (χ0) is 18.4. The lowest BCUT2D eigenvalue weighted by molar-refractivity contribution is -0.0385. The fourth-order valence-electron chi connectivity index (χ4n) is 3.38. The highest BCUT2D eigenvalue weighted by atomic mass is 32.1. The highest BCUT2D eigenvalue weighted by Crippen LogP contribution is 2.34. The molecule has 6 nitrogen and oxygen atoms in total. The maximum Gasteiger partial charge on any atom is 0.264 e. The number of rotatable bonds is 2. The first kappa shape index (κ1) is 17.2. The number of carbonyl (C=O) groups is 1. The highest BCUT2D eigenvalue weighted by molar-refractivity contribution is 7.20. The summed E-state index contributed by atoms with van der Waals surface area (Å²) in [6.45, 7) is 9.11. The highest BCUT2D eigenvalue weighted by Gasteiger charge is 2.31. The number of ether oxygens (including phenoxy) is 1. The quantitative estimate of drug-likeness (QED) is 0.685. The predicted molar refractivity (Wildman–Crippen MR) is 101 cm³/mol. The van der Waals surface area contributed by atoms with Crippen LogP contribution in [0.4, 0.5) is 0 Å². The van der Waals surface area contributed by atoms with Gasteiger partial charge in [-0.15, -0.1) is 11.3 Å².